The first-order chi connectivity index (χ1) is 16.4. The average Bonchev–Trinajstić information content (AvgIpc) is 3.19. The number of nitrogens with zero attached hydrogens (tertiary/aromatic N) is 1. The van der Waals surface area contributed by atoms with Crippen molar-refractivity contribution < 1.29 is 23.4 Å². The van der Waals surface area contributed by atoms with Gasteiger partial charge in [-0.2, -0.15) is 0 Å². The minimum atomic E-state index is -0.507. The Balaban J connectivity index is 1.54. The topological polar surface area (TPSA) is 57.1 Å². The fraction of sp³-hybridized carbons (Fsp3) is 0.214. The Hall–Kier alpha value is -3.93. The Bertz CT molecular complexity index is 1250. The van der Waals surface area contributed by atoms with E-state index in [0.717, 1.165) is 5.56 Å². The van der Waals surface area contributed by atoms with Crippen LogP contribution in [0.2, 0.25) is 0 Å². The minimum absolute atomic E-state index is 0.202. The van der Waals surface area contributed by atoms with Gasteiger partial charge in [0, 0.05) is 5.56 Å². The molecule has 3 aromatic rings. The molecule has 5 nitrogen and oxygen atoms in total. The molecular formula is C28H26FNO4. The highest BCUT2D eigenvalue weighted by molar-refractivity contribution is 6.12. The van der Waals surface area contributed by atoms with Crippen LogP contribution in [-0.4, -0.2) is 18.5 Å². The number of hydrogen-bond donors (Lipinski definition) is 0. The zero-order valence-electron chi connectivity index (χ0n) is 19.4. The summed E-state index contributed by atoms with van der Waals surface area (Å²) in [6, 6.07) is 19.4. The molecule has 0 N–H and O–H groups in total. The smallest absolute Gasteiger partial charge is 0.363 e. The van der Waals surface area contributed by atoms with Crippen LogP contribution in [0.15, 0.2) is 77.4 Å². The molecule has 0 saturated carbocycles. The third-order valence-corrected chi connectivity index (χ3v) is 5.30. The highest BCUT2D eigenvalue weighted by Gasteiger charge is 2.24. The maximum atomic E-state index is 13.4. The molecule has 4 rings (SSSR count). The molecule has 0 fully saturated rings. The fourth-order valence-corrected chi connectivity index (χ4v) is 3.49. The summed E-state index contributed by atoms with van der Waals surface area (Å²) in [4.78, 5) is 16.8. The van der Waals surface area contributed by atoms with Crippen LogP contribution < -0.4 is 9.47 Å². The van der Waals surface area contributed by atoms with Gasteiger partial charge in [-0.15, -0.1) is 0 Å². The van der Waals surface area contributed by atoms with E-state index in [4.69, 9.17) is 14.2 Å². The number of carbonyl (C=O) groups is 1. The standard InChI is InChI=1S/C28H26FNO4/c1-4-32-26-16-19(8-13-25(26)33-17-20-6-5-7-23(29)14-20)15-24-28(31)34-27(30-24)22-11-9-21(10-12-22)18(2)3/h5-16,18H,4,17H2,1-3H3/b24-15-. The molecular weight excluding hydrogens is 433 g/mol. The van der Waals surface area contributed by atoms with E-state index in [0.29, 0.717) is 35.2 Å². The van der Waals surface area contributed by atoms with Crippen molar-refractivity contribution in [2.75, 3.05) is 6.61 Å². The summed E-state index contributed by atoms with van der Waals surface area (Å²) >= 11 is 0. The Kier molecular flexibility index (Phi) is 7.07. The molecule has 0 aromatic heterocycles. The number of esters is 1. The number of benzene rings is 3. The van der Waals surface area contributed by atoms with Crippen molar-refractivity contribution >= 4 is 17.9 Å². The van der Waals surface area contributed by atoms with E-state index in [1.54, 1.807) is 36.4 Å². The molecule has 0 atom stereocenters. The van der Waals surface area contributed by atoms with E-state index in [2.05, 4.69) is 18.8 Å². The lowest BCUT2D eigenvalue weighted by atomic mass is 10.0. The van der Waals surface area contributed by atoms with Crippen LogP contribution in [0.1, 0.15) is 48.9 Å². The molecule has 1 heterocycles. The molecule has 0 saturated heterocycles. The molecule has 0 aliphatic carbocycles. The minimum Gasteiger partial charge on any atom is -0.490 e. The first kappa shape index (κ1) is 23.2. The van der Waals surface area contributed by atoms with Gasteiger partial charge in [-0.05, 0) is 72.0 Å². The van der Waals surface area contributed by atoms with Crippen molar-refractivity contribution in [3.8, 4) is 11.5 Å². The molecule has 1 aliphatic rings. The molecule has 0 radical (unpaired) electrons. The van der Waals surface area contributed by atoms with E-state index in [9.17, 15) is 9.18 Å². The van der Waals surface area contributed by atoms with Crippen molar-refractivity contribution in [1.29, 1.82) is 0 Å². The summed E-state index contributed by atoms with van der Waals surface area (Å²) in [5.74, 6) is 0.925. The summed E-state index contributed by atoms with van der Waals surface area (Å²) in [6.45, 7) is 6.76. The maximum Gasteiger partial charge on any atom is 0.363 e. The highest BCUT2D eigenvalue weighted by atomic mass is 19.1. The van der Waals surface area contributed by atoms with Crippen LogP contribution in [-0.2, 0) is 16.1 Å². The number of cyclic esters (lactones) is 1. The van der Waals surface area contributed by atoms with Crippen LogP contribution in [0.3, 0.4) is 0 Å². The van der Waals surface area contributed by atoms with Crippen LogP contribution in [0.5, 0.6) is 11.5 Å². The van der Waals surface area contributed by atoms with Gasteiger partial charge in [-0.1, -0.05) is 44.2 Å². The van der Waals surface area contributed by atoms with E-state index in [-0.39, 0.29) is 24.0 Å². The summed E-state index contributed by atoms with van der Waals surface area (Å²) in [7, 11) is 0. The van der Waals surface area contributed by atoms with E-state index < -0.39 is 5.97 Å². The van der Waals surface area contributed by atoms with Gasteiger partial charge in [0.1, 0.15) is 12.4 Å². The number of ether oxygens (including phenoxy) is 3. The predicted octanol–water partition coefficient (Wildman–Crippen LogP) is 6.27. The largest absolute Gasteiger partial charge is 0.490 e. The van der Waals surface area contributed by atoms with Crippen molar-refractivity contribution in [3.63, 3.8) is 0 Å². The lowest BCUT2D eigenvalue weighted by molar-refractivity contribution is -0.129. The second-order valence-corrected chi connectivity index (χ2v) is 8.17. The summed E-state index contributed by atoms with van der Waals surface area (Å²) in [5, 5.41) is 0. The first-order valence-corrected chi connectivity index (χ1v) is 11.2. The summed E-state index contributed by atoms with van der Waals surface area (Å²) < 4.78 is 30.4. The molecule has 0 bridgehead atoms. The van der Waals surface area contributed by atoms with Crippen molar-refractivity contribution in [3.05, 3.63) is 100 Å². The average molecular weight is 460 g/mol. The monoisotopic (exact) mass is 459 g/mol. The SMILES string of the molecule is CCOc1cc(/C=C2\N=C(c3ccc(C(C)C)cc3)OC2=O)ccc1OCc1cccc(F)c1. The van der Waals surface area contributed by atoms with Gasteiger partial charge >= 0.3 is 5.97 Å². The predicted molar refractivity (Wildman–Crippen MR) is 129 cm³/mol. The number of aliphatic imine (C=N–C) groups is 1. The second-order valence-electron chi connectivity index (χ2n) is 8.17. The van der Waals surface area contributed by atoms with Gasteiger partial charge in [0.25, 0.3) is 0 Å². The quantitative estimate of drug-likeness (QED) is 0.294. The molecule has 0 amide bonds. The number of rotatable bonds is 8. The Labute approximate surface area is 198 Å². The molecule has 34 heavy (non-hydrogen) atoms. The normalized spacial score (nSPS) is 14.3. The number of hydrogen-bond acceptors (Lipinski definition) is 5. The Morgan fingerprint density at radius 3 is 2.50 bits per heavy atom. The van der Waals surface area contributed by atoms with Crippen molar-refractivity contribution in [2.45, 2.75) is 33.3 Å². The highest BCUT2D eigenvalue weighted by Crippen LogP contribution is 2.31. The van der Waals surface area contributed by atoms with Gasteiger partial charge in [0.05, 0.1) is 6.61 Å². The van der Waals surface area contributed by atoms with E-state index in [1.165, 1.54) is 17.7 Å². The Morgan fingerprint density at radius 2 is 1.79 bits per heavy atom. The van der Waals surface area contributed by atoms with Crippen LogP contribution in [0, 0.1) is 5.82 Å². The van der Waals surface area contributed by atoms with Crippen LogP contribution >= 0.6 is 0 Å². The number of halogens is 1. The van der Waals surface area contributed by atoms with Crippen LogP contribution in [0.4, 0.5) is 4.39 Å². The maximum absolute atomic E-state index is 13.4. The van der Waals surface area contributed by atoms with Gasteiger partial charge in [0.15, 0.2) is 17.2 Å². The van der Waals surface area contributed by atoms with Gasteiger partial charge < -0.3 is 14.2 Å². The molecule has 174 valence electrons. The molecule has 0 spiro atoms. The van der Waals surface area contributed by atoms with Gasteiger partial charge in [-0.25, -0.2) is 14.2 Å². The molecule has 0 unspecified atom stereocenters. The van der Waals surface area contributed by atoms with Crippen molar-refractivity contribution in [2.24, 2.45) is 4.99 Å². The molecule has 6 heteroatoms. The first-order valence-electron chi connectivity index (χ1n) is 11.2. The third-order valence-electron chi connectivity index (χ3n) is 5.30. The van der Waals surface area contributed by atoms with E-state index in [1.807, 2.05) is 31.2 Å². The van der Waals surface area contributed by atoms with Crippen molar-refractivity contribution in [1.82, 2.24) is 0 Å². The lowest BCUT2D eigenvalue weighted by Gasteiger charge is -2.13. The van der Waals surface area contributed by atoms with Crippen LogP contribution in [0.25, 0.3) is 6.08 Å². The summed E-state index contributed by atoms with van der Waals surface area (Å²) in [5.41, 5.74) is 3.59. The number of carbonyl (C=O) groups excluding carboxylic acids is 1. The Morgan fingerprint density at radius 1 is 1.00 bits per heavy atom. The zero-order valence-corrected chi connectivity index (χ0v) is 19.4. The van der Waals surface area contributed by atoms with E-state index >= 15 is 0 Å². The molecule has 1 aliphatic heterocycles. The second kappa shape index (κ2) is 10.3. The molecule has 3 aromatic carbocycles. The van der Waals surface area contributed by atoms with Gasteiger partial charge in [0.2, 0.25) is 5.90 Å². The lowest BCUT2D eigenvalue weighted by Crippen LogP contribution is -2.05. The van der Waals surface area contributed by atoms with Gasteiger partial charge in [-0.3, -0.25) is 0 Å². The fourth-order valence-electron chi connectivity index (χ4n) is 3.49. The zero-order chi connectivity index (χ0) is 24.1. The summed E-state index contributed by atoms with van der Waals surface area (Å²) in [6.07, 6.45) is 1.65. The third kappa shape index (κ3) is 5.52.